The summed E-state index contributed by atoms with van der Waals surface area (Å²) in [6.07, 6.45) is 9.18. The van der Waals surface area contributed by atoms with E-state index < -0.39 is 17.9 Å². The van der Waals surface area contributed by atoms with Crippen LogP contribution >= 0.6 is 11.3 Å². The Hall–Kier alpha value is -4.50. The third-order valence-corrected chi connectivity index (χ3v) is 7.50. The van der Waals surface area contributed by atoms with Crippen LogP contribution in [0.3, 0.4) is 0 Å². The number of nitrogens with zero attached hydrogens (tertiary/aromatic N) is 3. The maximum absolute atomic E-state index is 13.5. The van der Waals surface area contributed by atoms with Gasteiger partial charge in [-0.05, 0) is 42.7 Å². The lowest BCUT2D eigenvalue weighted by Crippen LogP contribution is -2.32. The summed E-state index contributed by atoms with van der Waals surface area (Å²) in [5.41, 5.74) is 7.56. The summed E-state index contributed by atoms with van der Waals surface area (Å²) >= 11 is 1.47. The number of aromatic nitrogens is 3. The van der Waals surface area contributed by atoms with Gasteiger partial charge in [-0.3, -0.25) is 0 Å². The minimum absolute atomic E-state index is 0.0835. The number of carbonyl (C=O) groups excluding carboxylic acids is 2. The number of hydrogen-bond donors (Lipinski definition) is 1. The molecule has 1 aliphatic heterocycles. The van der Waals surface area contributed by atoms with Gasteiger partial charge in [-0.15, -0.1) is 11.3 Å². The van der Waals surface area contributed by atoms with Crippen molar-refractivity contribution in [3.05, 3.63) is 112 Å². The maximum Gasteiger partial charge on any atom is 0.337 e. The maximum atomic E-state index is 13.5. The molecule has 3 heterocycles. The van der Waals surface area contributed by atoms with Crippen molar-refractivity contribution in [2.45, 2.75) is 26.3 Å². The van der Waals surface area contributed by atoms with E-state index in [9.17, 15) is 9.59 Å². The van der Waals surface area contributed by atoms with Crippen LogP contribution in [0.1, 0.15) is 36.5 Å². The first-order valence-electron chi connectivity index (χ1n) is 12.4. The highest BCUT2D eigenvalue weighted by Crippen LogP contribution is 2.42. The van der Waals surface area contributed by atoms with Gasteiger partial charge in [-0.25, -0.2) is 19.6 Å². The highest BCUT2D eigenvalue weighted by Gasteiger charge is 2.38. The van der Waals surface area contributed by atoms with Gasteiger partial charge in [0.05, 0.1) is 46.2 Å². The van der Waals surface area contributed by atoms with Gasteiger partial charge >= 0.3 is 11.9 Å². The summed E-state index contributed by atoms with van der Waals surface area (Å²) in [6, 6.07) is 13.9. The second-order valence-corrected chi connectivity index (χ2v) is 10.0. The van der Waals surface area contributed by atoms with Gasteiger partial charge in [0.25, 0.3) is 0 Å². The molecule has 0 saturated heterocycles. The standard InChI is InChI=1S/C30H28N4O4S/c1-19-25(29(35)37-3)27(23-7-4-8-24-28(23)39-18-32-24)26(20(2)33-19)30(36)38-15-5-6-21-9-11-22(12-10-21)16-34-14-13-31-17-34/h4-14,17-18,27,33H,15-16H2,1-3H3. The quantitative estimate of drug-likeness (QED) is 0.307. The third kappa shape index (κ3) is 5.53. The number of allylic oxidation sites excluding steroid dienone is 2. The van der Waals surface area contributed by atoms with Crippen molar-refractivity contribution in [1.82, 2.24) is 19.9 Å². The average Bonchev–Trinajstić information content (AvgIpc) is 3.63. The number of fused-ring (bicyclic) bond motifs is 1. The fourth-order valence-corrected chi connectivity index (χ4v) is 5.64. The Morgan fingerprint density at radius 1 is 1.08 bits per heavy atom. The number of esters is 2. The Labute approximate surface area is 230 Å². The summed E-state index contributed by atoms with van der Waals surface area (Å²) in [7, 11) is 1.34. The average molecular weight is 541 g/mol. The van der Waals surface area contributed by atoms with Crippen LogP contribution in [-0.4, -0.2) is 40.2 Å². The van der Waals surface area contributed by atoms with Crippen LogP contribution in [0.4, 0.5) is 0 Å². The first-order valence-corrected chi connectivity index (χ1v) is 13.3. The zero-order chi connectivity index (χ0) is 27.4. The number of rotatable bonds is 8. The molecule has 1 unspecified atom stereocenters. The van der Waals surface area contributed by atoms with E-state index in [1.54, 1.807) is 31.0 Å². The molecular weight excluding hydrogens is 512 g/mol. The number of methoxy groups -OCH3 is 1. The van der Waals surface area contributed by atoms with Crippen molar-refractivity contribution in [3.63, 3.8) is 0 Å². The lowest BCUT2D eigenvalue weighted by atomic mass is 9.80. The molecule has 39 heavy (non-hydrogen) atoms. The fourth-order valence-electron chi connectivity index (χ4n) is 4.80. The molecule has 0 spiro atoms. The summed E-state index contributed by atoms with van der Waals surface area (Å²) in [5.74, 6) is -1.65. The van der Waals surface area contributed by atoms with E-state index in [0.717, 1.165) is 33.5 Å². The number of nitrogens with one attached hydrogen (secondary N) is 1. The molecule has 0 radical (unpaired) electrons. The Morgan fingerprint density at radius 3 is 2.56 bits per heavy atom. The van der Waals surface area contributed by atoms with E-state index in [1.807, 2.05) is 54.1 Å². The Bertz CT molecular complexity index is 1600. The molecule has 2 aromatic heterocycles. The van der Waals surface area contributed by atoms with Gasteiger partial charge in [0, 0.05) is 30.3 Å². The molecular formula is C30H28N4O4S. The SMILES string of the molecule is COC(=O)C1=C(C)NC(C)=C(C(=O)OCC=Cc2ccc(Cn3ccnc3)cc2)C1c1cccc2ncsc12. The van der Waals surface area contributed by atoms with Crippen molar-refractivity contribution in [2.24, 2.45) is 0 Å². The van der Waals surface area contributed by atoms with Crippen LogP contribution in [0.2, 0.25) is 0 Å². The Balaban J connectivity index is 1.34. The first-order chi connectivity index (χ1) is 19.0. The minimum atomic E-state index is -0.651. The van der Waals surface area contributed by atoms with E-state index in [0.29, 0.717) is 22.5 Å². The van der Waals surface area contributed by atoms with E-state index in [4.69, 9.17) is 9.47 Å². The van der Waals surface area contributed by atoms with Gasteiger partial charge in [-0.2, -0.15) is 0 Å². The summed E-state index contributed by atoms with van der Waals surface area (Å²) in [4.78, 5) is 34.9. The third-order valence-electron chi connectivity index (χ3n) is 6.61. The molecule has 4 aromatic rings. The van der Waals surface area contributed by atoms with Crippen molar-refractivity contribution in [1.29, 1.82) is 0 Å². The molecule has 5 rings (SSSR count). The Morgan fingerprint density at radius 2 is 1.85 bits per heavy atom. The number of ether oxygens (including phenoxy) is 2. The van der Waals surface area contributed by atoms with Crippen LogP contribution in [0.15, 0.2) is 95.3 Å². The van der Waals surface area contributed by atoms with Crippen molar-refractivity contribution >= 4 is 39.6 Å². The molecule has 9 heteroatoms. The lowest BCUT2D eigenvalue weighted by Gasteiger charge is -2.30. The van der Waals surface area contributed by atoms with Crippen LogP contribution in [0, 0.1) is 0 Å². The molecule has 0 aliphatic carbocycles. The largest absolute Gasteiger partial charge is 0.466 e. The van der Waals surface area contributed by atoms with E-state index >= 15 is 0 Å². The van der Waals surface area contributed by atoms with Crippen molar-refractivity contribution in [2.75, 3.05) is 13.7 Å². The van der Waals surface area contributed by atoms with Crippen molar-refractivity contribution < 1.29 is 19.1 Å². The van der Waals surface area contributed by atoms with Gasteiger partial charge in [-0.1, -0.05) is 42.5 Å². The predicted octanol–water partition coefficient (Wildman–Crippen LogP) is 5.21. The van der Waals surface area contributed by atoms with Crippen LogP contribution < -0.4 is 5.32 Å². The molecule has 0 amide bonds. The molecule has 1 aliphatic rings. The molecule has 198 valence electrons. The normalized spacial score (nSPS) is 15.6. The smallest absolute Gasteiger partial charge is 0.337 e. The molecule has 0 fully saturated rings. The number of imidazole rings is 1. The Kier molecular flexibility index (Phi) is 7.69. The number of carbonyl (C=O) groups is 2. The monoisotopic (exact) mass is 540 g/mol. The molecule has 1 N–H and O–H groups in total. The number of dihydropyridines is 1. The van der Waals surface area contributed by atoms with E-state index in [1.165, 1.54) is 18.4 Å². The molecule has 1 atom stereocenters. The number of hydrogen-bond acceptors (Lipinski definition) is 8. The highest BCUT2D eigenvalue weighted by molar-refractivity contribution is 7.17. The lowest BCUT2D eigenvalue weighted by molar-refractivity contribution is -0.138. The summed E-state index contributed by atoms with van der Waals surface area (Å²) < 4.78 is 13.7. The highest BCUT2D eigenvalue weighted by atomic mass is 32.1. The first kappa shape index (κ1) is 26.1. The molecule has 0 bridgehead atoms. The topological polar surface area (TPSA) is 95.3 Å². The fraction of sp³-hybridized carbons (Fsp3) is 0.200. The minimum Gasteiger partial charge on any atom is -0.466 e. The van der Waals surface area contributed by atoms with E-state index in [2.05, 4.69) is 27.4 Å². The number of benzene rings is 2. The molecule has 8 nitrogen and oxygen atoms in total. The van der Waals surface area contributed by atoms with Gasteiger partial charge < -0.3 is 19.4 Å². The summed E-state index contributed by atoms with van der Waals surface area (Å²) in [5, 5.41) is 3.18. The number of thiazole rings is 1. The summed E-state index contributed by atoms with van der Waals surface area (Å²) in [6.45, 7) is 4.46. The second-order valence-electron chi connectivity index (χ2n) is 9.15. The van der Waals surface area contributed by atoms with Gasteiger partial charge in [0.15, 0.2) is 0 Å². The van der Waals surface area contributed by atoms with Crippen LogP contribution in [0.5, 0.6) is 0 Å². The van der Waals surface area contributed by atoms with Gasteiger partial charge in [0.1, 0.15) is 6.61 Å². The van der Waals surface area contributed by atoms with Gasteiger partial charge in [0.2, 0.25) is 0 Å². The van der Waals surface area contributed by atoms with E-state index in [-0.39, 0.29) is 6.61 Å². The second kappa shape index (κ2) is 11.5. The van der Waals surface area contributed by atoms with Crippen LogP contribution in [-0.2, 0) is 25.6 Å². The molecule has 2 aromatic carbocycles. The van der Waals surface area contributed by atoms with Crippen molar-refractivity contribution in [3.8, 4) is 0 Å². The predicted molar refractivity (Wildman–Crippen MR) is 151 cm³/mol. The zero-order valence-corrected chi connectivity index (χ0v) is 22.7. The van der Waals surface area contributed by atoms with Crippen LogP contribution in [0.25, 0.3) is 16.3 Å². The molecule has 0 saturated carbocycles. The zero-order valence-electron chi connectivity index (χ0n) is 21.9.